The van der Waals surface area contributed by atoms with Gasteiger partial charge < -0.3 is 5.32 Å². The number of amides is 1. The summed E-state index contributed by atoms with van der Waals surface area (Å²) in [6.45, 7) is 0.906. The predicted octanol–water partition coefficient (Wildman–Crippen LogP) is 3.03. The number of carbonyl (C=O) groups is 1. The smallest absolute Gasteiger partial charge is 0.351 e. The Morgan fingerprint density at radius 1 is 1.43 bits per heavy atom. The Bertz CT molecular complexity index is 563. The number of nitrogens with zero attached hydrogens (tertiary/aromatic N) is 1. The number of nitrogens with one attached hydrogen (secondary N) is 1. The van der Waals surface area contributed by atoms with Crippen molar-refractivity contribution in [3.8, 4) is 0 Å². The second-order valence-corrected chi connectivity index (χ2v) is 5.09. The first kappa shape index (κ1) is 17.2. The van der Waals surface area contributed by atoms with Crippen LogP contribution in [0.5, 0.6) is 0 Å². The normalized spacial score (nSPS) is 11.3. The van der Waals surface area contributed by atoms with Gasteiger partial charge in [0.2, 0.25) is 0 Å². The van der Waals surface area contributed by atoms with E-state index in [1.54, 1.807) is 0 Å². The van der Waals surface area contributed by atoms with Gasteiger partial charge in [-0.25, -0.2) is 4.39 Å². The highest BCUT2D eigenvalue weighted by Gasteiger charge is 2.27. The lowest BCUT2D eigenvalue weighted by Crippen LogP contribution is -2.27. The van der Waals surface area contributed by atoms with Crippen molar-refractivity contribution in [2.75, 3.05) is 12.3 Å². The summed E-state index contributed by atoms with van der Waals surface area (Å²) < 4.78 is 49.4. The number of nitro benzene ring substituents is 1. The SMILES string of the molecule is Cc1cc([N+](=O)[O-])cc(C(=O)NCCSC(F)(F)F)c1F. The number of non-ortho nitro benzene ring substituents is 1. The van der Waals surface area contributed by atoms with E-state index in [0.717, 1.165) is 12.1 Å². The minimum absolute atomic E-state index is 0.0981. The number of rotatable bonds is 5. The lowest BCUT2D eigenvalue weighted by molar-refractivity contribution is -0.385. The number of hydrogen-bond acceptors (Lipinski definition) is 4. The Morgan fingerprint density at radius 2 is 2.05 bits per heavy atom. The van der Waals surface area contributed by atoms with Crippen LogP contribution < -0.4 is 5.32 Å². The van der Waals surface area contributed by atoms with Gasteiger partial charge in [-0.2, -0.15) is 13.2 Å². The molecular weight excluding hydrogens is 316 g/mol. The Hall–Kier alpha value is -1.84. The van der Waals surface area contributed by atoms with Gasteiger partial charge in [-0.3, -0.25) is 14.9 Å². The Balaban J connectivity index is 2.76. The van der Waals surface area contributed by atoms with Gasteiger partial charge in [0.05, 0.1) is 10.5 Å². The fourth-order valence-corrected chi connectivity index (χ4v) is 1.88. The molecule has 0 spiro atoms. The highest BCUT2D eigenvalue weighted by molar-refractivity contribution is 8.00. The first-order valence-corrected chi connectivity index (χ1v) is 6.54. The molecule has 0 saturated carbocycles. The molecule has 116 valence electrons. The molecule has 0 aliphatic heterocycles. The van der Waals surface area contributed by atoms with E-state index < -0.39 is 39.2 Å². The van der Waals surface area contributed by atoms with Crippen molar-refractivity contribution in [2.45, 2.75) is 12.4 Å². The molecule has 5 nitrogen and oxygen atoms in total. The summed E-state index contributed by atoms with van der Waals surface area (Å²) in [6.07, 6.45) is 0. The van der Waals surface area contributed by atoms with Gasteiger partial charge in [-0.15, -0.1) is 0 Å². The Morgan fingerprint density at radius 3 is 2.57 bits per heavy atom. The summed E-state index contributed by atoms with van der Waals surface area (Å²) in [6, 6.07) is 1.71. The van der Waals surface area contributed by atoms with E-state index in [1.807, 2.05) is 0 Å². The first-order valence-electron chi connectivity index (χ1n) is 5.55. The van der Waals surface area contributed by atoms with E-state index in [0.29, 0.717) is 0 Å². The van der Waals surface area contributed by atoms with Gasteiger partial charge in [0, 0.05) is 24.4 Å². The molecular formula is C11H10F4N2O3S. The molecule has 1 aromatic rings. The number of nitro groups is 1. The van der Waals surface area contributed by atoms with Crippen molar-refractivity contribution in [1.29, 1.82) is 0 Å². The Labute approximate surface area is 120 Å². The summed E-state index contributed by atoms with van der Waals surface area (Å²) in [5.41, 5.74) is -5.56. The second-order valence-electron chi connectivity index (χ2n) is 3.93. The van der Waals surface area contributed by atoms with E-state index in [4.69, 9.17) is 0 Å². The molecule has 1 amide bonds. The van der Waals surface area contributed by atoms with Crippen LogP contribution in [0.3, 0.4) is 0 Å². The van der Waals surface area contributed by atoms with Gasteiger partial charge in [0.1, 0.15) is 5.82 Å². The minimum Gasteiger partial charge on any atom is -0.351 e. The van der Waals surface area contributed by atoms with Crippen molar-refractivity contribution < 1.29 is 27.3 Å². The molecule has 0 fully saturated rings. The topological polar surface area (TPSA) is 72.2 Å². The van der Waals surface area contributed by atoms with Gasteiger partial charge in [-0.05, 0) is 24.2 Å². The molecule has 0 bridgehead atoms. The van der Waals surface area contributed by atoms with Crippen LogP contribution in [0.4, 0.5) is 23.2 Å². The van der Waals surface area contributed by atoms with E-state index in [2.05, 4.69) is 5.32 Å². The van der Waals surface area contributed by atoms with Crippen LogP contribution >= 0.6 is 11.8 Å². The molecule has 10 heteroatoms. The average Bonchev–Trinajstić information content (AvgIpc) is 2.36. The molecule has 0 saturated heterocycles. The molecule has 0 heterocycles. The van der Waals surface area contributed by atoms with Crippen LogP contribution in [0.25, 0.3) is 0 Å². The zero-order valence-electron chi connectivity index (χ0n) is 10.7. The molecule has 0 atom stereocenters. The summed E-state index contributed by atoms with van der Waals surface area (Å²) >= 11 is -0.331. The van der Waals surface area contributed by atoms with E-state index in [1.165, 1.54) is 6.92 Å². The van der Waals surface area contributed by atoms with Crippen LogP contribution in [0.1, 0.15) is 15.9 Å². The maximum absolute atomic E-state index is 13.7. The van der Waals surface area contributed by atoms with Crippen LogP contribution in [-0.4, -0.2) is 28.6 Å². The fourth-order valence-electron chi connectivity index (χ4n) is 1.45. The summed E-state index contributed by atoms with van der Waals surface area (Å²) in [4.78, 5) is 21.5. The van der Waals surface area contributed by atoms with E-state index in [9.17, 15) is 32.5 Å². The predicted molar refractivity (Wildman–Crippen MR) is 68.6 cm³/mol. The van der Waals surface area contributed by atoms with Crippen molar-refractivity contribution in [1.82, 2.24) is 5.32 Å². The van der Waals surface area contributed by atoms with E-state index in [-0.39, 0.29) is 23.9 Å². The number of benzene rings is 1. The third-order valence-corrected chi connectivity index (χ3v) is 3.08. The van der Waals surface area contributed by atoms with Crippen molar-refractivity contribution in [2.24, 2.45) is 0 Å². The molecule has 1 aromatic carbocycles. The monoisotopic (exact) mass is 326 g/mol. The number of hydrogen-bond donors (Lipinski definition) is 1. The zero-order valence-corrected chi connectivity index (χ0v) is 11.5. The molecule has 0 aliphatic carbocycles. The second kappa shape index (κ2) is 6.74. The zero-order chi connectivity index (χ0) is 16.2. The van der Waals surface area contributed by atoms with Crippen molar-refractivity contribution >= 4 is 23.4 Å². The van der Waals surface area contributed by atoms with Crippen LogP contribution in [0.15, 0.2) is 12.1 Å². The standard InChI is InChI=1S/C11H10F4N2O3S/c1-6-4-7(17(19)20)5-8(9(6)12)10(18)16-2-3-21-11(13,14)15/h4-5H,2-3H2,1H3,(H,16,18). The molecule has 0 radical (unpaired) electrons. The summed E-state index contributed by atoms with van der Waals surface area (Å²) in [7, 11) is 0. The Kier molecular flexibility index (Phi) is 5.53. The maximum Gasteiger partial charge on any atom is 0.441 e. The third-order valence-electron chi connectivity index (χ3n) is 2.35. The quantitative estimate of drug-likeness (QED) is 0.391. The van der Waals surface area contributed by atoms with Crippen LogP contribution in [0.2, 0.25) is 0 Å². The molecule has 0 aliphatic rings. The highest BCUT2D eigenvalue weighted by atomic mass is 32.2. The van der Waals surface area contributed by atoms with E-state index >= 15 is 0 Å². The van der Waals surface area contributed by atoms with Gasteiger partial charge in [0.25, 0.3) is 11.6 Å². The van der Waals surface area contributed by atoms with Gasteiger partial charge in [-0.1, -0.05) is 0 Å². The van der Waals surface area contributed by atoms with Crippen LogP contribution in [0, 0.1) is 22.9 Å². The van der Waals surface area contributed by atoms with Crippen molar-refractivity contribution in [3.63, 3.8) is 0 Å². The number of thioether (sulfide) groups is 1. The fraction of sp³-hybridized carbons (Fsp3) is 0.364. The first-order chi connectivity index (χ1) is 9.61. The maximum atomic E-state index is 13.7. The molecule has 1 N–H and O–H groups in total. The lowest BCUT2D eigenvalue weighted by Gasteiger charge is -2.08. The number of halogens is 4. The highest BCUT2D eigenvalue weighted by Crippen LogP contribution is 2.29. The van der Waals surface area contributed by atoms with Crippen molar-refractivity contribution in [3.05, 3.63) is 39.2 Å². The number of aryl methyl sites for hydroxylation is 1. The average molecular weight is 326 g/mol. The number of carbonyl (C=O) groups excluding carboxylic acids is 1. The molecule has 1 rings (SSSR count). The molecule has 0 aromatic heterocycles. The van der Waals surface area contributed by atoms with Gasteiger partial charge >= 0.3 is 5.51 Å². The summed E-state index contributed by atoms with van der Waals surface area (Å²) in [5.74, 6) is -2.38. The van der Waals surface area contributed by atoms with Crippen LogP contribution in [-0.2, 0) is 0 Å². The lowest BCUT2D eigenvalue weighted by atomic mass is 10.1. The van der Waals surface area contributed by atoms with Gasteiger partial charge in [0.15, 0.2) is 0 Å². The number of alkyl halides is 3. The molecule has 21 heavy (non-hydrogen) atoms. The largest absolute Gasteiger partial charge is 0.441 e. The minimum atomic E-state index is -4.42. The molecule has 0 unspecified atom stereocenters. The summed E-state index contributed by atoms with van der Waals surface area (Å²) in [5, 5.41) is 12.7. The third kappa shape index (κ3) is 5.21.